The van der Waals surface area contributed by atoms with Crippen molar-refractivity contribution in [1.29, 1.82) is 0 Å². The fourth-order valence-corrected chi connectivity index (χ4v) is 2.39. The molecule has 0 bridgehead atoms. The van der Waals surface area contributed by atoms with Gasteiger partial charge in [0.25, 0.3) is 0 Å². The molecule has 6 heteroatoms. The lowest BCUT2D eigenvalue weighted by atomic mass is 10.1. The summed E-state index contributed by atoms with van der Waals surface area (Å²) in [6, 6.07) is 15.1. The first kappa shape index (κ1) is 20.0. The molecule has 0 saturated heterocycles. The third-order valence-corrected chi connectivity index (χ3v) is 3.86. The Labute approximate surface area is 159 Å². The number of oxime groups is 1. The SMILES string of the molecule is C=CCO/N=C(\C)c1ccc(OCc2ccccc2N(C)C(=O)OC)cc1. The van der Waals surface area contributed by atoms with Crippen LogP contribution in [0.15, 0.2) is 66.3 Å². The van der Waals surface area contributed by atoms with Gasteiger partial charge in [-0.2, -0.15) is 0 Å². The first-order chi connectivity index (χ1) is 13.1. The second kappa shape index (κ2) is 10.0. The molecule has 0 aliphatic heterocycles. The van der Waals surface area contributed by atoms with Gasteiger partial charge in [0.1, 0.15) is 19.0 Å². The highest BCUT2D eigenvalue weighted by molar-refractivity contribution is 5.98. The number of rotatable bonds is 8. The van der Waals surface area contributed by atoms with Crippen molar-refractivity contribution in [3.05, 3.63) is 72.3 Å². The maximum atomic E-state index is 11.8. The molecule has 0 N–H and O–H groups in total. The minimum atomic E-state index is -0.430. The van der Waals surface area contributed by atoms with E-state index < -0.39 is 6.09 Å². The van der Waals surface area contributed by atoms with Gasteiger partial charge in [0, 0.05) is 12.6 Å². The molecule has 0 radical (unpaired) electrons. The van der Waals surface area contributed by atoms with Gasteiger partial charge >= 0.3 is 6.09 Å². The third-order valence-electron chi connectivity index (χ3n) is 3.86. The summed E-state index contributed by atoms with van der Waals surface area (Å²) in [6.07, 6.45) is 1.21. The van der Waals surface area contributed by atoms with E-state index >= 15 is 0 Å². The molecule has 2 aromatic carbocycles. The van der Waals surface area contributed by atoms with Crippen molar-refractivity contribution in [3.63, 3.8) is 0 Å². The fourth-order valence-electron chi connectivity index (χ4n) is 2.39. The number of carbonyl (C=O) groups is 1. The number of nitrogens with zero attached hydrogens (tertiary/aromatic N) is 2. The van der Waals surface area contributed by atoms with Crippen LogP contribution >= 0.6 is 0 Å². The van der Waals surface area contributed by atoms with Crippen molar-refractivity contribution in [1.82, 2.24) is 0 Å². The van der Waals surface area contributed by atoms with Crippen molar-refractivity contribution in [2.24, 2.45) is 5.16 Å². The minimum Gasteiger partial charge on any atom is -0.489 e. The van der Waals surface area contributed by atoms with E-state index in [1.165, 1.54) is 12.0 Å². The molecule has 0 atom stereocenters. The van der Waals surface area contributed by atoms with Crippen LogP contribution in [0.2, 0.25) is 0 Å². The van der Waals surface area contributed by atoms with Gasteiger partial charge in [0.15, 0.2) is 0 Å². The Morgan fingerprint density at radius 3 is 2.56 bits per heavy atom. The number of hydrogen-bond donors (Lipinski definition) is 0. The first-order valence-corrected chi connectivity index (χ1v) is 8.47. The topological polar surface area (TPSA) is 60.4 Å². The van der Waals surface area contributed by atoms with E-state index in [9.17, 15) is 4.79 Å². The number of amides is 1. The van der Waals surface area contributed by atoms with E-state index in [1.807, 2.05) is 55.5 Å². The highest BCUT2D eigenvalue weighted by Gasteiger charge is 2.14. The summed E-state index contributed by atoms with van der Waals surface area (Å²) in [7, 11) is 3.02. The van der Waals surface area contributed by atoms with Gasteiger partial charge in [-0.3, -0.25) is 4.90 Å². The predicted molar refractivity (Wildman–Crippen MR) is 106 cm³/mol. The Morgan fingerprint density at radius 2 is 1.89 bits per heavy atom. The predicted octanol–water partition coefficient (Wildman–Crippen LogP) is 4.39. The second-order valence-electron chi connectivity index (χ2n) is 5.73. The molecule has 1 amide bonds. The number of carbonyl (C=O) groups excluding carboxylic acids is 1. The molecule has 0 spiro atoms. The van der Waals surface area contributed by atoms with Crippen LogP contribution in [-0.2, 0) is 16.2 Å². The van der Waals surface area contributed by atoms with Gasteiger partial charge in [0.2, 0.25) is 0 Å². The van der Waals surface area contributed by atoms with Crippen LogP contribution in [0, 0.1) is 0 Å². The lowest BCUT2D eigenvalue weighted by Gasteiger charge is -2.19. The van der Waals surface area contributed by atoms with Gasteiger partial charge in [-0.25, -0.2) is 4.79 Å². The number of benzene rings is 2. The Kier molecular flexibility index (Phi) is 7.43. The van der Waals surface area contributed by atoms with Gasteiger partial charge in [-0.1, -0.05) is 36.0 Å². The summed E-state index contributed by atoms with van der Waals surface area (Å²) in [5.74, 6) is 0.717. The molecule has 0 saturated carbocycles. The fraction of sp³-hybridized carbons (Fsp3) is 0.238. The average Bonchev–Trinajstić information content (AvgIpc) is 2.71. The zero-order chi connectivity index (χ0) is 19.6. The molecule has 2 aromatic rings. The summed E-state index contributed by atoms with van der Waals surface area (Å²) >= 11 is 0. The molecule has 0 aliphatic carbocycles. The molecular formula is C21H24N2O4. The van der Waals surface area contributed by atoms with Crippen LogP contribution in [0.5, 0.6) is 5.75 Å². The Hall–Kier alpha value is -3.28. The van der Waals surface area contributed by atoms with E-state index in [0.717, 1.165) is 22.5 Å². The second-order valence-corrected chi connectivity index (χ2v) is 5.73. The van der Waals surface area contributed by atoms with E-state index in [2.05, 4.69) is 11.7 Å². The normalized spacial score (nSPS) is 10.9. The highest BCUT2D eigenvalue weighted by Crippen LogP contribution is 2.22. The standard InChI is InChI=1S/C21H24N2O4/c1-5-14-27-22-16(2)17-10-12-19(13-11-17)26-15-18-8-6-7-9-20(18)23(3)21(24)25-4/h5-13H,1,14-15H2,2-4H3/b22-16+. The smallest absolute Gasteiger partial charge is 0.413 e. The summed E-state index contributed by atoms with van der Waals surface area (Å²) in [6.45, 7) is 6.15. The van der Waals surface area contributed by atoms with Crippen LogP contribution in [0.25, 0.3) is 0 Å². The summed E-state index contributed by atoms with van der Waals surface area (Å²) < 4.78 is 10.6. The third kappa shape index (κ3) is 5.60. The van der Waals surface area contributed by atoms with Crippen molar-refractivity contribution >= 4 is 17.5 Å². The van der Waals surface area contributed by atoms with E-state index in [1.54, 1.807) is 13.1 Å². The molecule has 142 valence electrons. The quantitative estimate of drug-likeness (QED) is 0.300. The Balaban J connectivity index is 2.04. The summed E-state index contributed by atoms with van der Waals surface area (Å²) in [5, 5.41) is 4.02. The summed E-state index contributed by atoms with van der Waals surface area (Å²) in [4.78, 5) is 18.3. The van der Waals surface area contributed by atoms with Crippen LogP contribution in [-0.4, -0.2) is 32.6 Å². The van der Waals surface area contributed by atoms with Crippen molar-refractivity contribution < 1.29 is 19.1 Å². The van der Waals surface area contributed by atoms with Gasteiger partial charge in [-0.05, 0) is 42.8 Å². The van der Waals surface area contributed by atoms with Gasteiger partial charge in [0.05, 0.1) is 18.5 Å². The number of para-hydroxylation sites is 1. The molecular weight excluding hydrogens is 344 g/mol. The molecule has 6 nitrogen and oxygen atoms in total. The van der Waals surface area contributed by atoms with E-state index in [4.69, 9.17) is 14.3 Å². The Bertz CT molecular complexity index is 800. The molecule has 2 rings (SSSR count). The first-order valence-electron chi connectivity index (χ1n) is 8.47. The molecule has 0 aliphatic rings. The Morgan fingerprint density at radius 1 is 1.19 bits per heavy atom. The lowest BCUT2D eigenvalue weighted by Crippen LogP contribution is -2.27. The maximum Gasteiger partial charge on any atom is 0.413 e. The van der Waals surface area contributed by atoms with Crippen LogP contribution < -0.4 is 9.64 Å². The molecule has 0 heterocycles. The van der Waals surface area contributed by atoms with Crippen LogP contribution in [0.1, 0.15) is 18.1 Å². The molecule has 0 aromatic heterocycles. The van der Waals surface area contributed by atoms with E-state index in [-0.39, 0.29) is 0 Å². The molecule has 27 heavy (non-hydrogen) atoms. The molecule has 0 unspecified atom stereocenters. The van der Waals surface area contributed by atoms with Crippen LogP contribution in [0.4, 0.5) is 10.5 Å². The van der Waals surface area contributed by atoms with Gasteiger partial charge < -0.3 is 14.3 Å². The van der Waals surface area contributed by atoms with Crippen molar-refractivity contribution in [2.45, 2.75) is 13.5 Å². The number of methoxy groups -OCH3 is 1. The van der Waals surface area contributed by atoms with Crippen molar-refractivity contribution in [3.8, 4) is 5.75 Å². The number of ether oxygens (including phenoxy) is 2. The lowest BCUT2D eigenvalue weighted by molar-refractivity contribution is 0.175. The van der Waals surface area contributed by atoms with Crippen molar-refractivity contribution in [2.75, 3.05) is 25.7 Å². The zero-order valence-electron chi connectivity index (χ0n) is 15.8. The molecule has 0 fully saturated rings. The monoisotopic (exact) mass is 368 g/mol. The highest BCUT2D eigenvalue weighted by atomic mass is 16.6. The largest absolute Gasteiger partial charge is 0.489 e. The number of hydrogen-bond acceptors (Lipinski definition) is 5. The number of anilines is 1. The van der Waals surface area contributed by atoms with Crippen LogP contribution in [0.3, 0.4) is 0 Å². The summed E-state index contributed by atoms with van der Waals surface area (Å²) in [5.41, 5.74) is 3.33. The van der Waals surface area contributed by atoms with Gasteiger partial charge in [-0.15, -0.1) is 0 Å². The van der Waals surface area contributed by atoms with E-state index in [0.29, 0.717) is 19.0 Å². The zero-order valence-corrected chi connectivity index (χ0v) is 15.8. The minimum absolute atomic E-state index is 0.326. The average molecular weight is 368 g/mol. The maximum absolute atomic E-state index is 11.8.